The number of amides is 1. The molecule has 0 radical (unpaired) electrons. The number of carbonyl (C=O) groups excluding carboxylic acids is 1. The van der Waals surface area contributed by atoms with Crippen LogP contribution in [0.2, 0.25) is 0 Å². The lowest BCUT2D eigenvalue weighted by Crippen LogP contribution is -2.45. The largest absolute Gasteiger partial charge is 0.394 e. The van der Waals surface area contributed by atoms with Gasteiger partial charge in [0, 0.05) is 6.42 Å². The highest BCUT2D eigenvalue weighted by atomic mass is 16.3. The normalized spacial score (nSPS) is 13.0. The summed E-state index contributed by atoms with van der Waals surface area (Å²) in [5, 5.41) is 23.1. The van der Waals surface area contributed by atoms with E-state index in [1.807, 2.05) is 6.08 Å². The van der Waals surface area contributed by atoms with Crippen LogP contribution in [0.15, 0.2) is 24.3 Å². The zero-order valence-electron chi connectivity index (χ0n) is 37.5. The van der Waals surface area contributed by atoms with Gasteiger partial charge in [0.2, 0.25) is 5.91 Å². The van der Waals surface area contributed by atoms with Gasteiger partial charge in [-0.2, -0.15) is 0 Å². The minimum absolute atomic E-state index is 0.0646. The Balaban J connectivity index is 3.52. The molecule has 0 spiro atoms. The zero-order chi connectivity index (χ0) is 40.0. The van der Waals surface area contributed by atoms with E-state index in [4.69, 9.17) is 0 Å². The van der Waals surface area contributed by atoms with Crippen LogP contribution < -0.4 is 5.32 Å². The quantitative estimate of drug-likeness (QED) is 0.0426. The number of hydrogen-bond donors (Lipinski definition) is 3. The Bertz CT molecular complexity index is 795. The molecular weight excluding hydrogens is 675 g/mol. The molecule has 0 aromatic heterocycles. The summed E-state index contributed by atoms with van der Waals surface area (Å²) >= 11 is 0. The van der Waals surface area contributed by atoms with E-state index in [0.717, 1.165) is 25.7 Å². The fraction of sp³-hybridized carbons (Fsp3) is 0.902. The van der Waals surface area contributed by atoms with Crippen molar-refractivity contribution in [3.05, 3.63) is 24.3 Å². The van der Waals surface area contributed by atoms with Gasteiger partial charge >= 0.3 is 0 Å². The van der Waals surface area contributed by atoms with Crippen LogP contribution in [-0.2, 0) is 4.79 Å². The maximum absolute atomic E-state index is 12.4. The van der Waals surface area contributed by atoms with Gasteiger partial charge in [0.15, 0.2) is 0 Å². The molecule has 0 aromatic carbocycles. The predicted molar refractivity (Wildman–Crippen MR) is 244 cm³/mol. The van der Waals surface area contributed by atoms with Gasteiger partial charge < -0.3 is 15.5 Å². The average molecular weight is 774 g/mol. The van der Waals surface area contributed by atoms with Crippen molar-refractivity contribution < 1.29 is 15.0 Å². The van der Waals surface area contributed by atoms with Gasteiger partial charge in [-0.1, -0.05) is 250 Å². The standard InChI is InChI=1S/C51H99NO3/c1-3-5-7-9-11-13-15-17-19-21-23-25-27-29-31-33-35-37-39-41-43-45-47-51(55)52-49(48-53)50(54)46-44-42-40-38-36-34-32-30-28-26-24-22-20-18-16-14-12-10-8-6-4-2/h27,29,44,46,49-50,53-54H,3-26,28,30-43,45,47-48H2,1-2H3,(H,52,55)/b29-27-,46-44+. The predicted octanol–water partition coefficient (Wildman–Crippen LogP) is 16.0. The summed E-state index contributed by atoms with van der Waals surface area (Å²) in [4.78, 5) is 12.4. The Morgan fingerprint density at radius 3 is 1.00 bits per heavy atom. The second-order valence-corrected chi connectivity index (χ2v) is 17.2. The third-order valence-corrected chi connectivity index (χ3v) is 11.7. The Labute approximate surface area is 345 Å². The molecule has 0 fully saturated rings. The fourth-order valence-electron chi connectivity index (χ4n) is 7.82. The first-order valence-corrected chi connectivity index (χ1v) is 25.1. The molecule has 0 saturated heterocycles. The molecule has 4 nitrogen and oxygen atoms in total. The number of nitrogens with one attached hydrogen (secondary N) is 1. The smallest absolute Gasteiger partial charge is 0.220 e. The van der Waals surface area contributed by atoms with Crippen molar-refractivity contribution in [2.24, 2.45) is 0 Å². The van der Waals surface area contributed by atoms with Crippen molar-refractivity contribution >= 4 is 5.91 Å². The van der Waals surface area contributed by atoms with Crippen molar-refractivity contribution in [3.8, 4) is 0 Å². The molecule has 0 aliphatic heterocycles. The van der Waals surface area contributed by atoms with E-state index < -0.39 is 12.1 Å². The lowest BCUT2D eigenvalue weighted by molar-refractivity contribution is -0.123. The Hall–Kier alpha value is -1.13. The summed E-state index contributed by atoms with van der Waals surface area (Å²) in [6, 6.07) is -0.623. The number of carbonyl (C=O) groups is 1. The summed E-state index contributed by atoms with van der Waals surface area (Å²) < 4.78 is 0. The van der Waals surface area contributed by atoms with Gasteiger partial charge in [-0.25, -0.2) is 0 Å². The van der Waals surface area contributed by atoms with Gasteiger partial charge in [0.1, 0.15) is 0 Å². The molecule has 0 heterocycles. The van der Waals surface area contributed by atoms with Crippen LogP contribution >= 0.6 is 0 Å². The van der Waals surface area contributed by atoms with E-state index in [2.05, 4.69) is 31.3 Å². The molecule has 3 N–H and O–H groups in total. The molecular formula is C51H99NO3. The summed E-state index contributed by atoms with van der Waals surface area (Å²) in [5.74, 6) is -0.0646. The summed E-state index contributed by atoms with van der Waals surface area (Å²) in [7, 11) is 0. The molecule has 0 bridgehead atoms. The molecule has 2 atom stereocenters. The molecule has 0 aliphatic carbocycles. The van der Waals surface area contributed by atoms with Crippen molar-refractivity contribution in [2.75, 3.05) is 6.61 Å². The van der Waals surface area contributed by atoms with Crippen LogP contribution in [0.5, 0.6) is 0 Å². The molecule has 55 heavy (non-hydrogen) atoms. The molecule has 326 valence electrons. The second-order valence-electron chi connectivity index (χ2n) is 17.2. The molecule has 0 aromatic rings. The number of rotatable bonds is 46. The Morgan fingerprint density at radius 2 is 0.691 bits per heavy atom. The van der Waals surface area contributed by atoms with Crippen LogP contribution in [0.25, 0.3) is 0 Å². The van der Waals surface area contributed by atoms with Crippen LogP contribution in [0, 0.1) is 0 Å². The minimum atomic E-state index is -0.839. The molecule has 2 unspecified atom stereocenters. The molecule has 0 rings (SSSR count). The number of allylic oxidation sites excluding steroid dienone is 3. The first-order valence-electron chi connectivity index (χ1n) is 25.1. The first kappa shape index (κ1) is 53.9. The summed E-state index contributed by atoms with van der Waals surface area (Å²) in [6.45, 7) is 4.34. The first-order chi connectivity index (χ1) is 27.2. The van der Waals surface area contributed by atoms with Crippen molar-refractivity contribution in [1.29, 1.82) is 0 Å². The number of aliphatic hydroxyl groups is 2. The highest BCUT2D eigenvalue weighted by molar-refractivity contribution is 5.76. The zero-order valence-corrected chi connectivity index (χ0v) is 37.5. The molecule has 4 heteroatoms. The van der Waals surface area contributed by atoms with E-state index in [1.165, 1.54) is 231 Å². The topological polar surface area (TPSA) is 69.6 Å². The maximum atomic E-state index is 12.4. The van der Waals surface area contributed by atoms with Crippen molar-refractivity contribution in [1.82, 2.24) is 5.32 Å². The summed E-state index contributed by atoms with van der Waals surface area (Å²) in [5.41, 5.74) is 0. The van der Waals surface area contributed by atoms with Gasteiger partial charge in [-0.15, -0.1) is 0 Å². The lowest BCUT2D eigenvalue weighted by Gasteiger charge is -2.20. The van der Waals surface area contributed by atoms with E-state index in [1.54, 1.807) is 6.08 Å². The van der Waals surface area contributed by atoms with E-state index in [0.29, 0.717) is 6.42 Å². The highest BCUT2D eigenvalue weighted by Gasteiger charge is 2.18. The minimum Gasteiger partial charge on any atom is -0.394 e. The van der Waals surface area contributed by atoms with Gasteiger partial charge in [-0.3, -0.25) is 4.79 Å². The van der Waals surface area contributed by atoms with Crippen molar-refractivity contribution in [2.45, 2.75) is 289 Å². The maximum Gasteiger partial charge on any atom is 0.220 e. The lowest BCUT2D eigenvalue weighted by atomic mass is 10.0. The van der Waals surface area contributed by atoms with Gasteiger partial charge in [0.05, 0.1) is 18.8 Å². The monoisotopic (exact) mass is 774 g/mol. The second kappa shape index (κ2) is 47.2. The van der Waals surface area contributed by atoms with Crippen molar-refractivity contribution in [3.63, 3.8) is 0 Å². The van der Waals surface area contributed by atoms with Crippen LogP contribution in [0.4, 0.5) is 0 Å². The van der Waals surface area contributed by atoms with Gasteiger partial charge in [-0.05, 0) is 44.9 Å². The Kier molecular flexibility index (Phi) is 46.3. The fourth-order valence-corrected chi connectivity index (χ4v) is 7.82. The number of unbranched alkanes of at least 4 members (excludes halogenated alkanes) is 37. The third-order valence-electron chi connectivity index (χ3n) is 11.7. The van der Waals surface area contributed by atoms with E-state index in [-0.39, 0.29) is 12.5 Å². The van der Waals surface area contributed by atoms with E-state index in [9.17, 15) is 15.0 Å². The third kappa shape index (κ3) is 43.8. The van der Waals surface area contributed by atoms with Crippen LogP contribution in [-0.4, -0.2) is 34.9 Å². The van der Waals surface area contributed by atoms with Gasteiger partial charge in [0.25, 0.3) is 0 Å². The van der Waals surface area contributed by atoms with E-state index >= 15 is 0 Å². The van der Waals surface area contributed by atoms with Crippen LogP contribution in [0.1, 0.15) is 277 Å². The number of aliphatic hydroxyl groups excluding tert-OH is 2. The summed E-state index contributed by atoms with van der Waals surface area (Å²) in [6.07, 6.45) is 61.7. The Morgan fingerprint density at radius 1 is 0.418 bits per heavy atom. The van der Waals surface area contributed by atoms with Crippen LogP contribution in [0.3, 0.4) is 0 Å². The number of hydrogen-bond acceptors (Lipinski definition) is 3. The molecule has 1 amide bonds. The average Bonchev–Trinajstić information content (AvgIpc) is 3.19. The SMILES string of the molecule is CCCCCCCCCCCCC/C=C\CCCCCCCCCC(=O)NC(CO)C(O)/C=C/CCCCCCCCCCCCCCCCCCCCC. The highest BCUT2D eigenvalue weighted by Crippen LogP contribution is 2.16. The molecule has 0 aliphatic rings. The molecule has 0 saturated carbocycles.